The lowest BCUT2D eigenvalue weighted by atomic mass is 10.1. The first-order valence-corrected chi connectivity index (χ1v) is 6.08. The van der Waals surface area contributed by atoms with Crippen LogP contribution in [0.2, 0.25) is 0 Å². The lowest BCUT2D eigenvalue weighted by Gasteiger charge is -2.11. The summed E-state index contributed by atoms with van der Waals surface area (Å²) in [7, 11) is 3.14. The Morgan fingerprint density at radius 2 is 1.86 bits per heavy atom. The highest BCUT2D eigenvalue weighted by Gasteiger charge is 2.11. The molecule has 1 aromatic carbocycles. The maximum Gasteiger partial charge on any atom is 0.338 e. The monoisotopic (exact) mass is 289 g/mol. The predicted molar refractivity (Wildman–Crippen MR) is 73.1 cm³/mol. The summed E-state index contributed by atoms with van der Waals surface area (Å²) in [5.74, 6) is -1.50. The van der Waals surface area contributed by atoms with Crippen LogP contribution in [0.25, 0.3) is 0 Å². The smallest absolute Gasteiger partial charge is 0.338 e. The van der Waals surface area contributed by atoms with Crippen LogP contribution in [0.15, 0.2) is 24.3 Å². The van der Waals surface area contributed by atoms with Crippen molar-refractivity contribution in [3.05, 3.63) is 35.4 Å². The molecule has 1 rings (SSSR count). The molecule has 7 nitrogen and oxygen atoms in total. The predicted octanol–water partition coefficient (Wildman–Crippen LogP) is -0.0805. The van der Waals surface area contributed by atoms with Crippen molar-refractivity contribution in [2.45, 2.75) is 0 Å². The van der Waals surface area contributed by atoms with Gasteiger partial charge in [-0.15, -0.1) is 0 Å². The summed E-state index contributed by atoms with van der Waals surface area (Å²) in [6.45, 7) is -0.625. The molecule has 0 saturated heterocycles. The highest BCUT2D eigenvalue weighted by Crippen LogP contribution is 2.04. The lowest BCUT2D eigenvalue weighted by molar-refractivity contribution is -0.131. The van der Waals surface area contributed by atoms with Gasteiger partial charge in [-0.25, -0.2) is 4.79 Å². The van der Waals surface area contributed by atoms with Gasteiger partial charge in [0.05, 0.1) is 23.7 Å². The molecule has 2 amide bonds. The van der Waals surface area contributed by atoms with Gasteiger partial charge in [-0.2, -0.15) is 5.26 Å². The van der Waals surface area contributed by atoms with E-state index in [1.807, 2.05) is 6.07 Å². The Hall–Kier alpha value is -2.88. The van der Waals surface area contributed by atoms with E-state index in [1.54, 1.807) is 14.1 Å². The number of ether oxygens (including phenoxy) is 1. The Labute approximate surface area is 122 Å². The van der Waals surface area contributed by atoms with Crippen LogP contribution in [-0.4, -0.2) is 49.9 Å². The Morgan fingerprint density at radius 3 is 2.38 bits per heavy atom. The van der Waals surface area contributed by atoms with Crippen molar-refractivity contribution in [2.75, 3.05) is 27.2 Å². The fourth-order valence-electron chi connectivity index (χ4n) is 1.28. The summed E-state index contributed by atoms with van der Waals surface area (Å²) >= 11 is 0. The summed E-state index contributed by atoms with van der Waals surface area (Å²) in [5, 5.41) is 11.0. The van der Waals surface area contributed by atoms with Crippen molar-refractivity contribution in [3.8, 4) is 6.07 Å². The Kier molecular flexibility index (Phi) is 5.89. The second kappa shape index (κ2) is 7.65. The van der Waals surface area contributed by atoms with E-state index in [0.29, 0.717) is 5.56 Å². The largest absolute Gasteiger partial charge is 0.452 e. The van der Waals surface area contributed by atoms with Gasteiger partial charge in [0.2, 0.25) is 5.91 Å². The molecule has 0 radical (unpaired) electrons. The van der Waals surface area contributed by atoms with Gasteiger partial charge in [-0.3, -0.25) is 9.59 Å². The zero-order valence-corrected chi connectivity index (χ0v) is 11.8. The average molecular weight is 289 g/mol. The van der Waals surface area contributed by atoms with Gasteiger partial charge >= 0.3 is 5.97 Å². The Bertz CT molecular complexity index is 573. The molecule has 0 aromatic heterocycles. The number of likely N-dealkylation sites (N-methyl/N-ethyl adjacent to an activating group) is 1. The van der Waals surface area contributed by atoms with E-state index in [-0.39, 0.29) is 18.0 Å². The second-order valence-corrected chi connectivity index (χ2v) is 4.33. The van der Waals surface area contributed by atoms with Gasteiger partial charge in [-0.1, -0.05) is 0 Å². The SMILES string of the molecule is CN(C)C(=O)CNC(=O)COC(=O)c1ccc(C#N)cc1. The van der Waals surface area contributed by atoms with Crippen LogP contribution in [0.3, 0.4) is 0 Å². The fraction of sp³-hybridized carbons (Fsp3) is 0.286. The molecule has 0 heterocycles. The summed E-state index contributed by atoms with van der Waals surface area (Å²) in [4.78, 5) is 35.6. The van der Waals surface area contributed by atoms with Crippen molar-refractivity contribution in [3.63, 3.8) is 0 Å². The number of nitriles is 1. The molecule has 0 aliphatic rings. The maximum atomic E-state index is 11.6. The standard InChI is InChI=1S/C14H15N3O4/c1-17(2)13(19)8-16-12(18)9-21-14(20)11-5-3-10(7-15)4-6-11/h3-6H,8-9H2,1-2H3,(H,16,18). The van der Waals surface area contributed by atoms with Crippen LogP contribution in [0.1, 0.15) is 15.9 Å². The number of esters is 1. The van der Waals surface area contributed by atoms with E-state index < -0.39 is 18.5 Å². The first kappa shape index (κ1) is 16.2. The highest BCUT2D eigenvalue weighted by molar-refractivity contribution is 5.92. The molecule has 1 aromatic rings. The van der Waals surface area contributed by atoms with Crippen LogP contribution >= 0.6 is 0 Å². The number of nitrogens with zero attached hydrogens (tertiary/aromatic N) is 2. The number of hydrogen-bond donors (Lipinski definition) is 1. The minimum absolute atomic E-state index is 0.153. The molecule has 0 aliphatic carbocycles. The van der Waals surface area contributed by atoms with E-state index in [9.17, 15) is 14.4 Å². The van der Waals surface area contributed by atoms with E-state index in [4.69, 9.17) is 10.00 Å². The molecule has 0 bridgehead atoms. The van der Waals surface area contributed by atoms with Crippen LogP contribution in [0.5, 0.6) is 0 Å². The first-order chi connectivity index (χ1) is 9.93. The van der Waals surface area contributed by atoms with Crippen LogP contribution in [0.4, 0.5) is 0 Å². The van der Waals surface area contributed by atoms with Crippen molar-refractivity contribution in [1.29, 1.82) is 5.26 Å². The summed E-state index contributed by atoms with van der Waals surface area (Å²) < 4.78 is 4.80. The van der Waals surface area contributed by atoms with E-state index in [0.717, 1.165) is 0 Å². The lowest BCUT2D eigenvalue weighted by Crippen LogP contribution is -2.38. The minimum Gasteiger partial charge on any atom is -0.452 e. The van der Waals surface area contributed by atoms with Crippen molar-refractivity contribution >= 4 is 17.8 Å². The zero-order valence-electron chi connectivity index (χ0n) is 11.8. The normalized spacial score (nSPS) is 9.38. The number of carbonyl (C=O) groups excluding carboxylic acids is 3. The van der Waals surface area contributed by atoms with Gasteiger partial charge < -0.3 is 15.0 Å². The minimum atomic E-state index is -0.673. The van der Waals surface area contributed by atoms with Gasteiger partial charge in [0, 0.05) is 14.1 Å². The number of nitrogens with one attached hydrogen (secondary N) is 1. The molecular weight excluding hydrogens is 274 g/mol. The van der Waals surface area contributed by atoms with Crippen molar-refractivity contribution in [2.24, 2.45) is 0 Å². The number of hydrogen-bond acceptors (Lipinski definition) is 5. The number of carbonyl (C=O) groups is 3. The quantitative estimate of drug-likeness (QED) is 0.764. The Balaban J connectivity index is 2.40. The first-order valence-electron chi connectivity index (χ1n) is 6.08. The third-order valence-corrected chi connectivity index (χ3v) is 2.52. The van der Waals surface area contributed by atoms with Gasteiger partial charge in [0.25, 0.3) is 5.91 Å². The van der Waals surface area contributed by atoms with Crippen LogP contribution in [-0.2, 0) is 14.3 Å². The highest BCUT2D eigenvalue weighted by atomic mass is 16.5. The fourth-order valence-corrected chi connectivity index (χ4v) is 1.28. The van der Waals surface area contributed by atoms with Gasteiger partial charge in [0.15, 0.2) is 6.61 Å². The van der Waals surface area contributed by atoms with E-state index >= 15 is 0 Å². The van der Waals surface area contributed by atoms with Crippen molar-refractivity contribution < 1.29 is 19.1 Å². The third-order valence-electron chi connectivity index (χ3n) is 2.52. The number of benzene rings is 1. The van der Waals surface area contributed by atoms with E-state index in [1.165, 1.54) is 29.2 Å². The van der Waals surface area contributed by atoms with Crippen molar-refractivity contribution in [1.82, 2.24) is 10.2 Å². The molecular formula is C14H15N3O4. The molecule has 7 heteroatoms. The van der Waals surface area contributed by atoms with Gasteiger partial charge in [0.1, 0.15) is 0 Å². The molecule has 110 valence electrons. The zero-order chi connectivity index (χ0) is 15.8. The number of rotatable bonds is 5. The molecule has 0 unspecified atom stereocenters. The molecule has 0 aliphatic heterocycles. The topological polar surface area (TPSA) is 99.5 Å². The number of amides is 2. The third kappa shape index (κ3) is 5.32. The summed E-state index contributed by atoms with van der Waals surface area (Å²) in [5.41, 5.74) is 0.664. The average Bonchev–Trinajstić information content (AvgIpc) is 2.50. The Morgan fingerprint density at radius 1 is 1.24 bits per heavy atom. The molecule has 21 heavy (non-hydrogen) atoms. The van der Waals surface area contributed by atoms with Crippen LogP contribution in [0, 0.1) is 11.3 Å². The summed E-state index contributed by atoms with van der Waals surface area (Å²) in [6.07, 6.45) is 0. The molecule has 1 N–H and O–H groups in total. The van der Waals surface area contributed by atoms with E-state index in [2.05, 4.69) is 5.32 Å². The molecule has 0 atom stereocenters. The second-order valence-electron chi connectivity index (χ2n) is 4.33. The molecule has 0 spiro atoms. The summed E-state index contributed by atoms with van der Waals surface area (Å²) in [6, 6.07) is 7.76. The van der Waals surface area contributed by atoms with Crippen LogP contribution < -0.4 is 5.32 Å². The molecule has 0 fully saturated rings. The molecule has 0 saturated carbocycles. The maximum absolute atomic E-state index is 11.6. The van der Waals surface area contributed by atoms with Gasteiger partial charge in [-0.05, 0) is 24.3 Å².